The molecule has 31 heavy (non-hydrogen) atoms. The first-order valence-corrected chi connectivity index (χ1v) is 13.7. The highest BCUT2D eigenvalue weighted by Gasteiger charge is 2.30. The summed E-state index contributed by atoms with van der Waals surface area (Å²) in [5.74, 6) is 6.61. The van der Waals surface area contributed by atoms with E-state index in [4.69, 9.17) is 4.74 Å². The molecule has 0 radical (unpaired) electrons. The second kappa shape index (κ2) is 10.3. The third-order valence-corrected chi connectivity index (χ3v) is 9.63. The van der Waals surface area contributed by atoms with E-state index in [1.807, 2.05) is 0 Å². The molecule has 3 aliphatic rings. The second-order valence-electron chi connectivity index (χ2n) is 11.9. The highest BCUT2D eigenvalue weighted by molar-refractivity contribution is 5.49. The van der Waals surface area contributed by atoms with E-state index in [2.05, 4.69) is 40.7 Å². The van der Waals surface area contributed by atoms with Gasteiger partial charge in [0.25, 0.3) is 0 Å². The Morgan fingerprint density at radius 2 is 1.19 bits per heavy atom. The van der Waals surface area contributed by atoms with E-state index < -0.39 is 0 Å². The fourth-order valence-corrected chi connectivity index (χ4v) is 7.18. The van der Waals surface area contributed by atoms with Gasteiger partial charge in [-0.25, -0.2) is 0 Å². The standard InChI is InChI=1S/C30H48O/c1-20-6-12-26(13-7-20)27-16-10-25(11-17-27)19-31-29-18-22(3)30(24(5)23(29)4)28-14-8-21(2)9-15-28/h18,20-21,25-28H,6-17,19H2,1-5H3. The van der Waals surface area contributed by atoms with Crippen LogP contribution in [0.25, 0.3) is 0 Å². The van der Waals surface area contributed by atoms with Crippen molar-refractivity contribution in [1.29, 1.82) is 0 Å². The van der Waals surface area contributed by atoms with Crippen molar-refractivity contribution in [1.82, 2.24) is 0 Å². The van der Waals surface area contributed by atoms with Crippen molar-refractivity contribution in [3.63, 3.8) is 0 Å². The first-order valence-electron chi connectivity index (χ1n) is 13.7. The molecule has 174 valence electrons. The summed E-state index contributed by atoms with van der Waals surface area (Å²) < 4.78 is 6.49. The van der Waals surface area contributed by atoms with Crippen molar-refractivity contribution in [2.24, 2.45) is 29.6 Å². The number of rotatable bonds is 5. The van der Waals surface area contributed by atoms with Crippen molar-refractivity contribution in [2.45, 2.75) is 118 Å². The smallest absolute Gasteiger partial charge is 0.122 e. The zero-order valence-corrected chi connectivity index (χ0v) is 21.1. The second-order valence-corrected chi connectivity index (χ2v) is 11.9. The van der Waals surface area contributed by atoms with Gasteiger partial charge in [0.05, 0.1) is 6.61 Å². The summed E-state index contributed by atoms with van der Waals surface area (Å²) in [6.45, 7) is 12.7. The zero-order chi connectivity index (χ0) is 22.0. The maximum absolute atomic E-state index is 6.49. The Hall–Kier alpha value is -0.980. The van der Waals surface area contributed by atoms with Gasteiger partial charge in [-0.15, -0.1) is 0 Å². The lowest BCUT2D eigenvalue weighted by Crippen LogP contribution is -2.27. The molecular weight excluding hydrogens is 376 g/mol. The molecule has 0 N–H and O–H groups in total. The van der Waals surface area contributed by atoms with E-state index in [1.54, 1.807) is 5.56 Å². The Balaban J connectivity index is 1.31. The maximum Gasteiger partial charge on any atom is 0.122 e. The number of hydrogen-bond donors (Lipinski definition) is 0. The third kappa shape index (κ3) is 5.51. The Morgan fingerprint density at radius 1 is 0.677 bits per heavy atom. The lowest BCUT2D eigenvalue weighted by atomic mass is 9.69. The number of aryl methyl sites for hydroxylation is 1. The predicted octanol–water partition coefficient (Wildman–Crippen LogP) is 8.92. The molecule has 0 spiro atoms. The van der Waals surface area contributed by atoms with Gasteiger partial charge < -0.3 is 4.74 Å². The molecule has 1 aromatic carbocycles. The molecule has 4 rings (SSSR count). The molecule has 0 saturated heterocycles. The van der Waals surface area contributed by atoms with Gasteiger partial charge in [0, 0.05) is 0 Å². The van der Waals surface area contributed by atoms with E-state index in [0.717, 1.165) is 47.9 Å². The summed E-state index contributed by atoms with van der Waals surface area (Å²) in [4.78, 5) is 0. The molecule has 0 heterocycles. The van der Waals surface area contributed by atoms with Gasteiger partial charge >= 0.3 is 0 Å². The minimum Gasteiger partial charge on any atom is -0.493 e. The van der Waals surface area contributed by atoms with Crippen LogP contribution >= 0.6 is 0 Å². The fourth-order valence-electron chi connectivity index (χ4n) is 7.18. The number of benzene rings is 1. The van der Waals surface area contributed by atoms with Crippen molar-refractivity contribution in [3.8, 4) is 5.75 Å². The Bertz CT molecular complexity index is 710. The molecule has 0 aliphatic heterocycles. The van der Waals surface area contributed by atoms with Crippen LogP contribution in [0, 0.1) is 50.4 Å². The molecule has 0 unspecified atom stereocenters. The Morgan fingerprint density at radius 3 is 1.77 bits per heavy atom. The van der Waals surface area contributed by atoms with Gasteiger partial charge in [0.15, 0.2) is 0 Å². The SMILES string of the molecule is Cc1cc(OCC2CCC(C3CCC(C)CC3)CC2)c(C)c(C)c1C1CCC(C)CC1. The van der Waals surface area contributed by atoms with Crippen LogP contribution < -0.4 is 4.74 Å². The highest BCUT2D eigenvalue weighted by Crippen LogP contribution is 2.43. The minimum absolute atomic E-state index is 0.762. The monoisotopic (exact) mass is 424 g/mol. The van der Waals surface area contributed by atoms with Crippen molar-refractivity contribution >= 4 is 0 Å². The maximum atomic E-state index is 6.49. The molecule has 1 nitrogen and oxygen atoms in total. The molecule has 1 heteroatoms. The van der Waals surface area contributed by atoms with E-state index in [0.29, 0.717) is 0 Å². The number of hydrogen-bond acceptors (Lipinski definition) is 1. The van der Waals surface area contributed by atoms with Crippen LogP contribution in [0.2, 0.25) is 0 Å². The normalized spacial score (nSPS) is 34.5. The molecule has 3 aliphatic carbocycles. The quantitative estimate of drug-likeness (QED) is 0.458. The van der Waals surface area contributed by atoms with Crippen LogP contribution in [0.5, 0.6) is 5.75 Å². The largest absolute Gasteiger partial charge is 0.493 e. The molecule has 0 amide bonds. The van der Waals surface area contributed by atoms with Crippen LogP contribution in [-0.2, 0) is 0 Å². The molecular formula is C30H48O. The van der Waals surface area contributed by atoms with Crippen LogP contribution in [0.15, 0.2) is 6.07 Å². The first kappa shape index (κ1) is 23.2. The van der Waals surface area contributed by atoms with E-state index >= 15 is 0 Å². The Kier molecular flexibility index (Phi) is 7.71. The van der Waals surface area contributed by atoms with Crippen LogP contribution in [0.1, 0.15) is 119 Å². The van der Waals surface area contributed by atoms with E-state index in [9.17, 15) is 0 Å². The molecule has 0 bridgehead atoms. The molecule has 0 atom stereocenters. The van der Waals surface area contributed by atoms with Crippen molar-refractivity contribution in [2.75, 3.05) is 6.61 Å². The minimum atomic E-state index is 0.762. The summed E-state index contributed by atoms with van der Waals surface area (Å²) in [6, 6.07) is 2.37. The van der Waals surface area contributed by atoms with Gasteiger partial charge in [0.2, 0.25) is 0 Å². The average molecular weight is 425 g/mol. The van der Waals surface area contributed by atoms with Crippen molar-refractivity contribution in [3.05, 3.63) is 28.3 Å². The molecule has 1 aromatic rings. The Labute approximate surface area is 192 Å². The topological polar surface area (TPSA) is 9.23 Å². The van der Waals surface area contributed by atoms with Gasteiger partial charge in [-0.05, 0) is 136 Å². The summed E-state index contributed by atoms with van der Waals surface area (Å²) in [5.41, 5.74) is 6.00. The fraction of sp³-hybridized carbons (Fsp3) is 0.800. The molecule has 3 saturated carbocycles. The summed E-state index contributed by atoms with van der Waals surface area (Å²) in [6.07, 6.45) is 17.1. The van der Waals surface area contributed by atoms with Gasteiger partial charge in [-0.3, -0.25) is 0 Å². The third-order valence-electron chi connectivity index (χ3n) is 9.63. The van der Waals surface area contributed by atoms with Gasteiger partial charge in [-0.1, -0.05) is 39.5 Å². The van der Waals surface area contributed by atoms with Gasteiger partial charge in [-0.2, -0.15) is 0 Å². The van der Waals surface area contributed by atoms with E-state index in [1.165, 1.54) is 93.7 Å². The summed E-state index contributed by atoms with van der Waals surface area (Å²) >= 11 is 0. The van der Waals surface area contributed by atoms with Gasteiger partial charge in [0.1, 0.15) is 5.75 Å². The summed E-state index contributed by atoms with van der Waals surface area (Å²) in [7, 11) is 0. The first-order chi connectivity index (χ1) is 14.9. The summed E-state index contributed by atoms with van der Waals surface area (Å²) in [5, 5.41) is 0. The average Bonchev–Trinajstić information content (AvgIpc) is 2.77. The lowest BCUT2D eigenvalue weighted by Gasteiger charge is -2.37. The van der Waals surface area contributed by atoms with E-state index in [-0.39, 0.29) is 0 Å². The molecule has 3 fully saturated rings. The van der Waals surface area contributed by atoms with Crippen LogP contribution in [-0.4, -0.2) is 6.61 Å². The van der Waals surface area contributed by atoms with Crippen molar-refractivity contribution < 1.29 is 4.74 Å². The number of ether oxygens (including phenoxy) is 1. The van der Waals surface area contributed by atoms with Crippen LogP contribution in [0.3, 0.4) is 0 Å². The molecule has 0 aromatic heterocycles. The van der Waals surface area contributed by atoms with Crippen LogP contribution in [0.4, 0.5) is 0 Å². The zero-order valence-electron chi connectivity index (χ0n) is 21.1. The highest BCUT2D eigenvalue weighted by atomic mass is 16.5. The predicted molar refractivity (Wildman–Crippen MR) is 133 cm³/mol. The lowest BCUT2D eigenvalue weighted by molar-refractivity contribution is 0.126.